The Morgan fingerprint density at radius 1 is 1.17 bits per heavy atom. The van der Waals surface area contributed by atoms with Gasteiger partial charge in [0.2, 0.25) is 5.91 Å². The third kappa shape index (κ3) is 3.44. The maximum atomic E-state index is 12.4. The van der Waals surface area contributed by atoms with E-state index in [2.05, 4.69) is 17.9 Å². The van der Waals surface area contributed by atoms with Crippen LogP contribution in [0.25, 0.3) is 6.08 Å². The lowest BCUT2D eigenvalue weighted by atomic mass is 10.2. The Hall–Kier alpha value is -1.55. The van der Waals surface area contributed by atoms with Crippen LogP contribution in [-0.4, -0.2) is 47.9 Å². The smallest absolute Gasteiger partial charge is 0.246 e. The van der Waals surface area contributed by atoms with Gasteiger partial charge in [-0.2, -0.15) is 0 Å². The molecule has 24 heavy (non-hydrogen) atoms. The number of nitrogens with zero attached hydrogens (tertiary/aromatic N) is 2. The second-order valence-electron chi connectivity index (χ2n) is 7.69. The molecule has 0 spiro atoms. The summed E-state index contributed by atoms with van der Waals surface area (Å²) >= 11 is 0. The lowest BCUT2D eigenvalue weighted by Crippen LogP contribution is -2.51. The van der Waals surface area contributed by atoms with Crippen LogP contribution in [0.4, 0.5) is 0 Å². The van der Waals surface area contributed by atoms with Gasteiger partial charge in [0.05, 0.1) is 0 Å². The van der Waals surface area contributed by atoms with Gasteiger partial charge < -0.3 is 9.32 Å². The molecule has 4 rings (SSSR count). The number of hydrogen-bond donors (Lipinski definition) is 0. The van der Waals surface area contributed by atoms with Gasteiger partial charge in [-0.3, -0.25) is 9.69 Å². The zero-order valence-corrected chi connectivity index (χ0v) is 14.6. The second kappa shape index (κ2) is 6.75. The average molecular weight is 328 g/mol. The summed E-state index contributed by atoms with van der Waals surface area (Å²) in [5, 5.41) is 0. The van der Waals surface area contributed by atoms with Gasteiger partial charge in [0.25, 0.3) is 0 Å². The first kappa shape index (κ1) is 15.9. The Bertz CT molecular complexity index is 607. The molecule has 2 saturated carbocycles. The van der Waals surface area contributed by atoms with Crippen molar-refractivity contribution in [3.05, 3.63) is 29.7 Å². The zero-order valence-electron chi connectivity index (χ0n) is 14.6. The normalized spacial score (nSPS) is 28.8. The van der Waals surface area contributed by atoms with Crippen LogP contribution in [0.1, 0.15) is 56.5 Å². The summed E-state index contributed by atoms with van der Waals surface area (Å²) < 4.78 is 5.83. The van der Waals surface area contributed by atoms with Crippen LogP contribution in [0.5, 0.6) is 0 Å². The predicted molar refractivity (Wildman–Crippen MR) is 94.7 cm³/mol. The summed E-state index contributed by atoms with van der Waals surface area (Å²) in [4.78, 5) is 16.9. The molecule has 1 aliphatic heterocycles. The Morgan fingerprint density at radius 3 is 2.54 bits per heavy atom. The van der Waals surface area contributed by atoms with Gasteiger partial charge in [0.15, 0.2) is 0 Å². The SMILES string of the molecule is CC1CC1c1ccc(/C=C/C(=O)N2CCN(C3CCCC3)CC2)o1. The molecule has 130 valence electrons. The van der Waals surface area contributed by atoms with E-state index in [4.69, 9.17) is 4.42 Å². The Balaban J connectivity index is 1.27. The zero-order chi connectivity index (χ0) is 16.5. The van der Waals surface area contributed by atoms with E-state index in [1.54, 1.807) is 6.08 Å². The van der Waals surface area contributed by atoms with Gasteiger partial charge in [-0.25, -0.2) is 0 Å². The van der Waals surface area contributed by atoms with E-state index in [1.165, 1.54) is 32.1 Å². The highest BCUT2D eigenvalue weighted by Gasteiger charge is 2.36. The molecule has 0 bridgehead atoms. The van der Waals surface area contributed by atoms with Crippen molar-refractivity contribution >= 4 is 12.0 Å². The first-order chi connectivity index (χ1) is 11.7. The van der Waals surface area contributed by atoms with E-state index in [9.17, 15) is 4.79 Å². The third-order valence-electron chi connectivity index (χ3n) is 5.98. The highest BCUT2D eigenvalue weighted by atomic mass is 16.3. The molecule has 2 aliphatic carbocycles. The predicted octanol–water partition coefficient (Wildman–Crippen LogP) is 3.50. The molecule has 1 aromatic rings. The molecule has 0 radical (unpaired) electrons. The minimum Gasteiger partial charge on any atom is -0.461 e. The number of furan rings is 1. The summed E-state index contributed by atoms with van der Waals surface area (Å²) in [6.45, 7) is 5.99. The van der Waals surface area contributed by atoms with Gasteiger partial charge in [-0.15, -0.1) is 0 Å². The van der Waals surface area contributed by atoms with Gasteiger partial charge in [-0.1, -0.05) is 19.8 Å². The summed E-state index contributed by atoms with van der Waals surface area (Å²) in [5.74, 6) is 3.30. The molecule has 1 saturated heterocycles. The van der Waals surface area contributed by atoms with Crippen LogP contribution in [0.3, 0.4) is 0 Å². The quantitative estimate of drug-likeness (QED) is 0.794. The van der Waals surface area contributed by atoms with E-state index in [1.807, 2.05) is 17.0 Å². The topological polar surface area (TPSA) is 36.7 Å². The maximum Gasteiger partial charge on any atom is 0.246 e. The summed E-state index contributed by atoms with van der Waals surface area (Å²) in [6, 6.07) is 4.80. The van der Waals surface area contributed by atoms with Crippen molar-refractivity contribution in [1.82, 2.24) is 9.80 Å². The van der Waals surface area contributed by atoms with Gasteiger partial charge in [0.1, 0.15) is 11.5 Å². The highest BCUT2D eigenvalue weighted by Crippen LogP contribution is 2.47. The fraction of sp³-hybridized carbons (Fsp3) is 0.650. The molecule has 2 unspecified atom stereocenters. The minimum atomic E-state index is 0.110. The number of amides is 1. The van der Waals surface area contributed by atoms with E-state index in [-0.39, 0.29) is 5.91 Å². The van der Waals surface area contributed by atoms with E-state index >= 15 is 0 Å². The van der Waals surface area contributed by atoms with Crippen LogP contribution in [0.2, 0.25) is 0 Å². The van der Waals surface area contributed by atoms with Crippen LogP contribution in [0.15, 0.2) is 22.6 Å². The van der Waals surface area contributed by atoms with Crippen molar-refractivity contribution in [1.29, 1.82) is 0 Å². The Labute approximate surface area is 144 Å². The van der Waals surface area contributed by atoms with Crippen molar-refractivity contribution in [2.45, 2.75) is 51.0 Å². The van der Waals surface area contributed by atoms with Gasteiger partial charge in [0, 0.05) is 44.2 Å². The molecule has 0 N–H and O–H groups in total. The van der Waals surface area contributed by atoms with Crippen molar-refractivity contribution in [3.63, 3.8) is 0 Å². The van der Waals surface area contributed by atoms with E-state index in [0.29, 0.717) is 5.92 Å². The Kier molecular flexibility index (Phi) is 4.49. The largest absolute Gasteiger partial charge is 0.461 e. The summed E-state index contributed by atoms with van der Waals surface area (Å²) in [7, 11) is 0. The second-order valence-corrected chi connectivity index (χ2v) is 7.69. The lowest BCUT2D eigenvalue weighted by Gasteiger charge is -2.37. The molecular weight excluding hydrogens is 300 g/mol. The van der Waals surface area contributed by atoms with Gasteiger partial charge in [-0.05, 0) is 43.4 Å². The Morgan fingerprint density at radius 2 is 1.88 bits per heavy atom. The average Bonchev–Trinajstić information content (AvgIpc) is 3.04. The fourth-order valence-electron chi connectivity index (χ4n) is 4.21. The van der Waals surface area contributed by atoms with Crippen molar-refractivity contribution in [2.75, 3.05) is 26.2 Å². The molecule has 0 aromatic carbocycles. The number of rotatable bonds is 4. The first-order valence-electron chi connectivity index (χ1n) is 9.51. The molecule has 1 amide bonds. The van der Waals surface area contributed by atoms with Crippen LogP contribution < -0.4 is 0 Å². The van der Waals surface area contributed by atoms with Gasteiger partial charge >= 0.3 is 0 Å². The minimum absolute atomic E-state index is 0.110. The summed E-state index contributed by atoms with van der Waals surface area (Å²) in [6.07, 6.45) is 10.1. The molecule has 3 fully saturated rings. The van der Waals surface area contributed by atoms with E-state index < -0.39 is 0 Å². The summed E-state index contributed by atoms with van der Waals surface area (Å²) in [5.41, 5.74) is 0. The lowest BCUT2D eigenvalue weighted by molar-refractivity contribution is -0.128. The molecular formula is C20H28N2O2. The molecule has 4 nitrogen and oxygen atoms in total. The highest BCUT2D eigenvalue weighted by molar-refractivity contribution is 5.91. The van der Waals surface area contributed by atoms with Crippen molar-refractivity contribution in [3.8, 4) is 0 Å². The first-order valence-corrected chi connectivity index (χ1v) is 9.51. The molecule has 4 heteroatoms. The molecule has 1 aromatic heterocycles. The molecule has 2 heterocycles. The van der Waals surface area contributed by atoms with Crippen LogP contribution in [0, 0.1) is 5.92 Å². The monoisotopic (exact) mass is 328 g/mol. The van der Waals surface area contributed by atoms with Crippen molar-refractivity contribution in [2.24, 2.45) is 5.92 Å². The molecule has 2 atom stereocenters. The third-order valence-corrected chi connectivity index (χ3v) is 5.98. The maximum absolute atomic E-state index is 12.4. The van der Waals surface area contributed by atoms with Crippen molar-refractivity contribution < 1.29 is 9.21 Å². The number of piperazine rings is 1. The number of carbonyl (C=O) groups excluding carboxylic acids is 1. The standard InChI is InChI=1S/C20H28N2O2/c1-15-14-18(15)19-8-6-17(24-19)7-9-20(23)22-12-10-21(11-13-22)16-4-2-3-5-16/h6-9,15-16,18H,2-5,10-14H2,1H3/b9-7+. The fourth-order valence-corrected chi connectivity index (χ4v) is 4.21. The van der Waals surface area contributed by atoms with E-state index in [0.717, 1.165) is 49.7 Å². The van der Waals surface area contributed by atoms with Crippen LogP contribution >= 0.6 is 0 Å². The van der Waals surface area contributed by atoms with Crippen LogP contribution in [-0.2, 0) is 4.79 Å². The molecule has 3 aliphatic rings. The number of hydrogen-bond acceptors (Lipinski definition) is 3. The number of carbonyl (C=O) groups is 1.